The molecule has 0 spiro atoms. The zero-order valence-electron chi connectivity index (χ0n) is 18.2. The molecule has 1 fully saturated rings. The molecular formula is C24H27N3O5S. The highest BCUT2D eigenvalue weighted by atomic mass is 32.2. The maximum Gasteiger partial charge on any atom is 0.251 e. The number of rotatable bonds is 9. The summed E-state index contributed by atoms with van der Waals surface area (Å²) >= 11 is 0. The molecule has 1 saturated heterocycles. The molecule has 1 amide bonds. The lowest BCUT2D eigenvalue weighted by molar-refractivity contribution is 0.0340. The molecule has 3 aromatic rings. The number of carbonyl (C=O) groups excluding carboxylic acids is 1. The number of benzene rings is 2. The van der Waals surface area contributed by atoms with Gasteiger partial charge in [0.1, 0.15) is 5.76 Å². The van der Waals surface area contributed by atoms with Gasteiger partial charge in [-0.3, -0.25) is 9.69 Å². The molecular weight excluding hydrogens is 442 g/mol. The third-order valence-electron chi connectivity index (χ3n) is 5.48. The van der Waals surface area contributed by atoms with Crippen molar-refractivity contribution in [3.8, 4) is 0 Å². The van der Waals surface area contributed by atoms with Crippen LogP contribution < -0.4 is 10.0 Å². The zero-order chi connectivity index (χ0) is 23.1. The van der Waals surface area contributed by atoms with Crippen LogP contribution in [-0.4, -0.2) is 45.5 Å². The van der Waals surface area contributed by atoms with Crippen LogP contribution in [0.4, 0.5) is 0 Å². The zero-order valence-corrected chi connectivity index (χ0v) is 19.0. The van der Waals surface area contributed by atoms with Crippen LogP contribution in [0.5, 0.6) is 0 Å². The van der Waals surface area contributed by atoms with Crippen molar-refractivity contribution in [2.45, 2.75) is 24.5 Å². The number of ether oxygens (including phenoxy) is 1. The van der Waals surface area contributed by atoms with Crippen molar-refractivity contribution >= 4 is 15.9 Å². The number of hydrogen-bond donors (Lipinski definition) is 2. The maximum atomic E-state index is 12.8. The molecule has 2 N–H and O–H groups in total. The second-order valence-electron chi connectivity index (χ2n) is 7.77. The first-order valence-electron chi connectivity index (χ1n) is 10.8. The number of nitrogens with zero attached hydrogens (tertiary/aromatic N) is 1. The Kier molecular flexibility index (Phi) is 7.56. The van der Waals surface area contributed by atoms with E-state index in [1.165, 1.54) is 18.4 Å². The quantitative estimate of drug-likeness (QED) is 0.500. The van der Waals surface area contributed by atoms with Gasteiger partial charge < -0.3 is 14.5 Å². The van der Waals surface area contributed by atoms with Gasteiger partial charge >= 0.3 is 0 Å². The van der Waals surface area contributed by atoms with Crippen LogP contribution in [-0.2, 0) is 34.4 Å². The lowest BCUT2D eigenvalue weighted by Crippen LogP contribution is -2.36. The number of hydrogen-bond acceptors (Lipinski definition) is 6. The molecule has 2 heterocycles. The molecule has 2 aromatic carbocycles. The first kappa shape index (κ1) is 23.2. The van der Waals surface area contributed by atoms with Crippen LogP contribution in [0, 0.1) is 0 Å². The van der Waals surface area contributed by atoms with E-state index in [2.05, 4.69) is 21.0 Å². The predicted molar refractivity (Wildman–Crippen MR) is 123 cm³/mol. The van der Waals surface area contributed by atoms with E-state index in [1.54, 1.807) is 24.3 Å². The van der Waals surface area contributed by atoms with E-state index < -0.39 is 10.0 Å². The van der Waals surface area contributed by atoms with Gasteiger partial charge in [-0.25, -0.2) is 13.1 Å². The summed E-state index contributed by atoms with van der Waals surface area (Å²) in [4.78, 5) is 15.1. The molecule has 0 unspecified atom stereocenters. The van der Waals surface area contributed by atoms with Gasteiger partial charge in [0.15, 0.2) is 0 Å². The number of carbonyl (C=O) groups is 1. The van der Waals surface area contributed by atoms with Gasteiger partial charge in [-0.1, -0.05) is 30.3 Å². The van der Waals surface area contributed by atoms with Crippen molar-refractivity contribution in [3.05, 3.63) is 89.4 Å². The average molecular weight is 470 g/mol. The normalized spacial score (nSPS) is 14.8. The molecule has 1 aliphatic rings. The number of morpholine rings is 1. The highest BCUT2D eigenvalue weighted by Crippen LogP contribution is 2.15. The molecule has 0 saturated carbocycles. The Bertz CT molecular complexity index is 1170. The molecule has 0 radical (unpaired) electrons. The number of nitrogens with one attached hydrogen (secondary N) is 2. The molecule has 1 aliphatic heterocycles. The smallest absolute Gasteiger partial charge is 0.251 e. The number of amides is 1. The summed E-state index contributed by atoms with van der Waals surface area (Å²) in [6, 6.07) is 17.4. The van der Waals surface area contributed by atoms with Gasteiger partial charge in [-0.2, -0.15) is 0 Å². The minimum absolute atomic E-state index is 0.0226. The topological polar surface area (TPSA) is 101 Å². The number of sulfonamides is 1. The molecule has 33 heavy (non-hydrogen) atoms. The highest BCUT2D eigenvalue weighted by Gasteiger charge is 2.17. The van der Waals surface area contributed by atoms with Crippen molar-refractivity contribution in [2.24, 2.45) is 0 Å². The van der Waals surface area contributed by atoms with Crippen molar-refractivity contribution in [1.29, 1.82) is 0 Å². The standard InChI is InChI=1S/C24H27N3O5S/c28-24(25-16-20-5-1-2-6-21(20)18-27-10-13-31-14-11-27)19-7-3-9-23(15-19)33(29,30)26-17-22-8-4-12-32-22/h1-9,12,15,26H,10-11,13-14,16-18H2,(H,25,28). The van der Waals surface area contributed by atoms with Crippen LogP contribution in [0.25, 0.3) is 0 Å². The summed E-state index contributed by atoms with van der Waals surface area (Å²) in [5, 5.41) is 2.91. The summed E-state index contributed by atoms with van der Waals surface area (Å²) in [7, 11) is -3.79. The van der Waals surface area contributed by atoms with E-state index in [-0.39, 0.29) is 22.9 Å². The fraction of sp³-hybridized carbons (Fsp3) is 0.292. The summed E-state index contributed by atoms with van der Waals surface area (Å²) < 4.78 is 38.3. The molecule has 9 heteroatoms. The maximum absolute atomic E-state index is 12.8. The van der Waals surface area contributed by atoms with Crippen LogP contribution in [0.3, 0.4) is 0 Å². The third-order valence-corrected chi connectivity index (χ3v) is 6.88. The van der Waals surface area contributed by atoms with Crippen LogP contribution in [0.15, 0.2) is 76.2 Å². The van der Waals surface area contributed by atoms with Gasteiger partial charge in [-0.05, 0) is 41.5 Å². The minimum Gasteiger partial charge on any atom is -0.468 e. The van der Waals surface area contributed by atoms with Crippen molar-refractivity contribution in [3.63, 3.8) is 0 Å². The number of furan rings is 1. The fourth-order valence-electron chi connectivity index (χ4n) is 3.63. The predicted octanol–water partition coefficient (Wildman–Crippen LogP) is 2.52. The van der Waals surface area contributed by atoms with Crippen LogP contribution in [0.1, 0.15) is 27.2 Å². The molecule has 0 atom stereocenters. The Labute approximate surface area is 193 Å². The second-order valence-corrected chi connectivity index (χ2v) is 9.54. The molecule has 0 bridgehead atoms. The van der Waals surface area contributed by atoms with E-state index >= 15 is 0 Å². The molecule has 8 nitrogen and oxygen atoms in total. The Hall–Kier alpha value is -2.98. The Morgan fingerprint density at radius 3 is 2.48 bits per heavy atom. The third kappa shape index (κ3) is 6.29. The molecule has 174 valence electrons. The van der Waals surface area contributed by atoms with Crippen molar-refractivity contribution in [1.82, 2.24) is 14.9 Å². The van der Waals surface area contributed by atoms with Gasteiger partial charge in [0.25, 0.3) is 5.91 Å². The van der Waals surface area contributed by atoms with E-state index in [4.69, 9.17) is 9.15 Å². The first-order valence-corrected chi connectivity index (χ1v) is 12.3. The molecule has 4 rings (SSSR count). The minimum atomic E-state index is -3.79. The Morgan fingerprint density at radius 2 is 1.73 bits per heavy atom. The summed E-state index contributed by atoms with van der Waals surface area (Å²) in [6.45, 7) is 4.41. The van der Waals surface area contributed by atoms with Gasteiger partial charge in [0.05, 0.1) is 30.9 Å². The lowest BCUT2D eigenvalue weighted by Gasteiger charge is -2.27. The Balaban J connectivity index is 1.39. The van der Waals surface area contributed by atoms with Crippen molar-refractivity contribution in [2.75, 3.05) is 26.3 Å². The van der Waals surface area contributed by atoms with Gasteiger partial charge in [-0.15, -0.1) is 0 Å². The average Bonchev–Trinajstić information content (AvgIpc) is 3.37. The van der Waals surface area contributed by atoms with Gasteiger partial charge in [0, 0.05) is 31.7 Å². The fourth-order valence-corrected chi connectivity index (χ4v) is 4.67. The largest absolute Gasteiger partial charge is 0.468 e. The second kappa shape index (κ2) is 10.8. The van der Waals surface area contributed by atoms with E-state index in [0.717, 1.165) is 44.0 Å². The summed E-state index contributed by atoms with van der Waals surface area (Å²) in [5.41, 5.74) is 2.46. The molecule has 0 aliphatic carbocycles. The van der Waals surface area contributed by atoms with Gasteiger partial charge in [0.2, 0.25) is 10.0 Å². The summed E-state index contributed by atoms with van der Waals surface area (Å²) in [6.07, 6.45) is 1.48. The van der Waals surface area contributed by atoms with E-state index in [0.29, 0.717) is 12.3 Å². The summed E-state index contributed by atoms with van der Waals surface area (Å²) in [5.74, 6) is 0.169. The van der Waals surface area contributed by atoms with Crippen LogP contribution in [0.2, 0.25) is 0 Å². The van der Waals surface area contributed by atoms with Crippen molar-refractivity contribution < 1.29 is 22.4 Å². The first-order chi connectivity index (χ1) is 16.0. The highest BCUT2D eigenvalue weighted by molar-refractivity contribution is 7.89. The molecule has 1 aromatic heterocycles. The lowest BCUT2D eigenvalue weighted by atomic mass is 10.1. The van der Waals surface area contributed by atoms with E-state index in [9.17, 15) is 13.2 Å². The van der Waals surface area contributed by atoms with Crippen LogP contribution >= 0.6 is 0 Å². The Morgan fingerprint density at radius 1 is 0.939 bits per heavy atom. The monoisotopic (exact) mass is 469 g/mol. The SMILES string of the molecule is O=C(NCc1ccccc1CN1CCOCC1)c1cccc(S(=O)(=O)NCc2ccco2)c1. The van der Waals surface area contributed by atoms with E-state index in [1.807, 2.05) is 18.2 Å².